The first kappa shape index (κ1) is 16.6. The Bertz CT molecular complexity index is 335. The van der Waals surface area contributed by atoms with E-state index in [1.54, 1.807) is 0 Å². The van der Waals surface area contributed by atoms with Crippen molar-refractivity contribution in [3.05, 3.63) is 0 Å². The molecule has 0 radical (unpaired) electrons. The molecule has 2 saturated carbocycles. The molecule has 122 valence electrons. The molecule has 21 heavy (non-hydrogen) atoms. The minimum absolute atomic E-state index is 0.269. The first-order valence-electron chi connectivity index (χ1n) is 8.53. The average Bonchev–Trinajstić information content (AvgIpc) is 3.27. The van der Waals surface area contributed by atoms with E-state index in [1.807, 2.05) is 0 Å². The molecule has 2 aliphatic rings. The van der Waals surface area contributed by atoms with Gasteiger partial charge >= 0.3 is 0 Å². The van der Waals surface area contributed by atoms with Crippen LogP contribution in [-0.2, 0) is 0 Å². The predicted octanol–water partition coefficient (Wildman–Crippen LogP) is 2.15. The highest BCUT2D eigenvalue weighted by Gasteiger charge is 2.42. The first-order valence-corrected chi connectivity index (χ1v) is 8.53. The third-order valence-electron chi connectivity index (χ3n) is 5.20. The maximum absolute atomic E-state index is 8.66. The Morgan fingerprint density at radius 1 is 1.33 bits per heavy atom. The molecule has 2 rings (SSSR count). The molecule has 0 aromatic heterocycles. The van der Waals surface area contributed by atoms with Gasteiger partial charge in [0.2, 0.25) is 0 Å². The molecular formula is C16H32N4O. The number of oxime groups is 1. The molecule has 0 bridgehead atoms. The van der Waals surface area contributed by atoms with Crippen molar-refractivity contribution in [1.29, 1.82) is 0 Å². The first-order chi connectivity index (χ1) is 10.2. The van der Waals surface area contributed by atoms with E-state index in [2.05, 4.69) is 22.4 Å². The van der Waals surface area contributed by atoms with Gasteiger partial charge in [-0.1, -0.05) is 24.4 Å². The second-order valence-corrected chi connectivity index (χ2v) is 7.07. The molecule has 0 spiro atoms. The fourth-order valence-electron chi connectivity index (χ4n) is 3.52. The summed E-state index contributed by atoms with van der Waals surface area (Å²) in [6.07, 6.45) is 11.3. The maximum atomic E-state index is 8.66. The van der Waals surface area contributed by atoms with E-state index < -0.39 is 0 Å². The van der Waals surface area contributed by atoms with Crippen LogP contribution in [0.15, 0.2) is 5.16 Å². The van der Waals surface area contributed by atoms with E-state index in [4.69, 9.17) is 10.9 Å². The van der Waals surface area contributed by atoms with Gasteiger partial charge in [0.15, 0.2) is 0 Å². The Labute approximate surface area is 128 Å². The molecule has 5 nitrogen and oxygen atoms in total. The van der Waals surface area contributed by atoms with Crippen LogP contribution in [0, 0.1) is 5.41 Å². The lowest BCUT2D eigenvalue weighted by atomic mass is 9.94. The van der Waals surface area contributed by atoms with Crippen LogP contribution in [0.2, 0.25) is 0 Å². The van der Waals surface area contributed by atoms with E-state index in [9.17, 15) is 0 Å². The zero-order valence-electron chi connectivity index (χ0n) is 13.5. The van der Waals surface area contributed by atoms with Gasteiger partial charge in [-0.15, -0.1) is 0 Å². The van der Waals surface area contributed by atoms with E-state index in [-0.39, 0.29) is 5.41 Å². The van der Waals surface area contributed by atoms with Gasteiger partial charge < -0.3 is 21.2 Å². The minimum Gasteiger partial charge on any atom is -0.409 e. The quantitative estimate of drug-likeness (QED) is 0.200. The van der Waals surface area contributed by atoms with Crippen LogP contribution in [-0.4, -0.2) is 48.7 Å². The van der Waals surface area contributed by atoms with Gasteiger partial charge in [0.1, 0.15) is 5.84 Å². The Hall–Kier alpha value is -0.810. The van der Waals surface area contributed by atoms with E-state index >= 15 is 0 Å². The molecule has 0 atom stereocenters. The number of nitrogens with zero attached hydrogens (tertiary/aromatic N) is 2. The summed E-state index contributed by atoms with van der Waals surface area (Å²) >= 11 is 0. The largest absolute Gasteiger partial charge is 0.409 e. The number of rotatable bonds is 9. The number of hydrogen-bond acceptors (Lipinski definition) is 4. The lowest BCUT2D eigenvalue weighted by Crippen LogP contribution is -2.36. The Balaban J connectivity index is 1.53. The van der Waals surface area contributed by atoms with Crippen molar-refractivity contribution >= 4 is 5.84 Å². The van der Waals surface area contributed by atoms with Crippen molar-refractivity contribution in [1.82, 2.24) is 10.2 Å². The SMILES string of the molecule is CN(CCCNCC1(CC(N)=NO)CC1)C1CCCCC1. The molecular weight excluding hydrogens is 264 g/mol. The van der Waals surface area contributed by atoms with Crippen LogP contribution in [0.5, 0.6) is 0 Å². The topological polar surface area (TPSA) is 73.9 Å². The normalized spacial score (nSPS) is 22.7. The summed E-state index contributed by atoms with van der Waals surface area (Å²) < 4.78 is 0. The average molecular weight is 296 g/mol. The molecule has 0 saturated heterocycles. The third-order valence-corrected chi connectivity index (χ3v) is 5.20. The number of amidine groups is 1. The molecule has 0 heterocycles. The molecule has 2 fully saturated rings. The highest BCUT2D eigenvalue weighted by atomic mass is 16.4. The summed E-state index contributed by atoms with van der Waals surface area (Å²) in [5.41, 5.74) is 5.89. The van der Waals surface area contributed by atoms with E-state index in [1.165, 1.54) is 57.9 Å². The Morgan fingerprint density at radius 3 is 2.67 bits per heavy atom. The van der Waals surface area contributed by atoms with Crippen LogP contribution in [0.4, 0.5) is 0 Å². The van der Waals surface area contributed by atoms with Crippen LogP contribution in [0.25, 0.3) is 0 Å². The van der Waals surface area contributed by atoms with Crippen molar-refractivity contribution in [3.63, 3.8) is 0 Å². The zero-order chi connectivity index (χ0) is 15.1. The third kappa shape index (κ3) is 5.47. The summed E-state index contributed by atoms with van der Waals surface area (Å²) in [7, 11) is 2.27. The number of nitrogens with two attached hydrogens (primary N) is 1. The van der Waals surface area contributed by atoms with Crippen molar-refractivity contribution in [2.45, 2.75) is 63.8 Å². The van der Waals surface area contributed by atoms with Crippen LogP contribution >= 0.6 is 0 Å². The Morgan fingerprint density at radius 2 is 2.05 bits per heavy atom. The number of hydrogen-bond donors (Lipinski definition) is 3. The Kier molecular flexibility index (Phi) is 6.30. The van der Waals surface area contributed by atoms with Gasteiger partial charge in [-0.25, -0.2) is 0 Å². The van der Waals surface area contributed by atoms with Gasteiger partial charge in [-0.05, 0) is 57.7 Å². The second-order valence-electron chi connectivity index (χ2n) is 7.07. The standard InChI is InChI=1S/C16H32N4O/c1-20(14-6-3-2-4-7-14)11-5-10-18-13-16(8-9-16)12-15(17)19-21/h14,18,21H,2-13H2,1H3,(H2,17,19). The summed E-state index contributed by atoms with van der Waals surface area (Å²) in [6.45, 7) is 3.25. The van der Waals surface area contributed by atoms with Crippen molar-refractivity contribution in [2.75, 3.05) is 26.7 Å². The van der Waals surface area contributed by atoms with Crippen LogP contribution < -0.4 is 11.1 Å². The highest BCUT2D eigenvalue weighted by Crippen LogP contribution is 2.48. The van der Waals surface area contributed by atoms with Crippen molar-refractivity contribution in [3.8, 4) is 0 Å². The lowest BCUT2D eigenvalue weighted by Gasteiger charge is -2.31. The molecule has 0 aromatic rings. The van der Waals surface area contributed by atoms with Gasteiger partial charge in [0, 0.05) is 19.0 Å². The van der Waals surface area contributed by atoms with Gasteiger partial charge in [-0.3, -0.25) is 0 Å². The second kappa shape index (κ2) is 7.99. The highest BCUT2D eigenvalue weighted by molar-refractivity contribution is 5.80. The zero-order valence-corrected chi connectivity index (χ0v) is 13.5. The van der Waals surface area contributed by atoms with Crippen LogP contribution in [0.1, 0.15) is 57.8 Å². The molecule has 0 unspecified atom stereocenters. The smallest absolute Gasteiger partial charge is 0.139 e. The van der Waals surface area contributed by atoms with Crippen LogP contribution in [0.3, 0.4) is 0 Å². The molecule has 4 N–H and O–H groups in total. The maximum Gasteiger partial charge on any atom is 0.139 e. The minimum atomic E-state index is 0.269. The lowest BCUT2D eigenvalue weighted by molar-refractivity contribution is 0.189. The summed E-state index contributed by atoms with van der Waals surface area (Å²) in [5.74, 6) is 0.367. The summed E-state index contributed by atoms with van der Waals surface area (Å²) in [6, 6.07) is 0.814. The van der Waals surface area contributed by atoms with Gasteiger partial charge in [0.05, 0.1) is 0 Å². The van der Waals surface area contributed by atoms with Crippen molar-refractivity contribution < 1.29 is 5.21 Å². The molecule has 0 aliphatic heterocycles. The van der Waals surface area contributed by atoms with Crippen molar-refractivity contribution in [2.24, 2.45) is 16.3 Å². The fraction of sp³-hybridized carbons (Fsp3) is 0.938. The molecule has 5 heteroatoms. The van der Waals surface area contributed by atoms with Gasteiger partial charge in [-0.2, -0.15) is 0 Å². The predicted molar refractivity (Wildman–Crippen MR) is 86.7 cm³/mol. The monoisotopic (exact) mass is 296 g/mol. The van der Waals surface area contributed by atoms with E-state index in [0.29, 0.717) is 5.84 Å². The molecule has 0 amide bonds. The van der Waals surface area contributed by atoms with Gasteiger partial charge in [0.25, 0.3) is 0 Å². The summed E-state index contributed by atoms with van der Waals surface area (Å²) in [5, 5.41) is 15.3. The summed E-state index contributed by atoms with van der Waals surface area (Å²) in [4.78, 5) is 2.55. The molecule has 2 aliphatic carbocycles. The molecule has 0 aromatic carbocycles. The fourth-order valence-corrected chi connectivity index (χ4v) is 3.52. The number of nitrogens with one attached hydrogen (secondary N) is 1. The van der Waals surface area contributed by atoms with E-state index in [0.717, 1.165) is 25.6 Å².